The topological polar surface area (TPSA) is 65.1 Å². The highest BCUT2D eigenvalue weighted by Crippen LogP contribution is 2.29. The van der Waals surface area contributed by atoms with Crippen LogP contribution in [0.15, 0.2) is 30.3 Å². The second-order valence-corrected chi connectivity index (χ2v) is 7.03. The summed E-state index contributed by atoms with van der Waals surface area (Å²) >= 11 is 0. The number of amides is 2. The second-order valence-electron chi connectivity index (χ2n) is 7.03. The van der Waals surface area contributed by atoms with Crippen LogP contribution in [0.1, 0.15) is 40.2 Å². The number of nitrogens with zero attached hydrogens (tertiary/aromatic N) is 1. The first-order chi connectivity index (χ1) is 11.7. The maximum Gasteiger partial charge on any atom is 0.417 e. The molecule has 1 fully saturated rings. The Bertz CT molecular complexity index is 596. The molecule has 0 aromatic heterocycles. The maximum absolute atomic E-state index is 12.5. The zero-order chi connectivity index (χ0) is 18.6. The number of carbonyl (C=O) groups excluding carboxylic acids is 2. The quantitative estimate of drug-likeness (QED) is 0.583. The van der Waals surface area contributed by atoms with Crippen molar-refractivity contribution in [1.29, 1.82) is 0 Å². The van der Waals surface area contributed by atoms with Crippen LogP contribution in [0.25, 0.3) is 0 Å². The Morgan fingerprint density at radius 3 is 2.44 bits per heavy atom. The summed E-state index contributed by atoms with van der Waals surface area (Å²) in [6, 6.07) is 9.27. The molecule has 1 unspecified atom stereocenters. The van der Waals surface area contributed by atoms with Crippen LogP contribution in [-0.2, 0) is 25.4 Å². The minimum absolute atomic E-state index is 0.387. The average Bonchev–Trinajstić information content (AvgIpc) is 2.52. The molecule has 2 amide bonds. The smallest absolute Gasteiger partial charge is 0.417 e. The van der Waals surface area contributed by atoms with Gasteiger partial charge in [0.25, 0.3) is 5.91 Å². The fourth-order valence-electron chi connectivity index (χ4n) is 2.74. The first-order valence-corrected chi connectivity index (χ1v) is 8.60. The summed E-state index contributed by atoms with van der Waals surface area (Å²) in [5.41, 5.74) is 0.352. The van der Waals surface area contributed by atoms with Gasteiger partial charge in [0.1, 0.15) is 5.60 Å². The lowest BCUT2D eigenvalue weighted by molar-refractivity contribution is -0.210. The van der Waals surface area contributed by atoms with Gasteiger partial charge in [0.05, 0.1) is 6.04 Å². The van der Waals surface area contributed by atoms with E-state index in [0.717, 1.165) is 10.5 Å². The van der Waals surface area contributed by atoms with E-state index in [2.05, 4.69) is 0 Å². The summed E-state index contributed by atoms with van der Waals surface area (Å²) in [5.74, 6) is -0.387. The van der Waals surface area contributed by atoms with Crippen LogP contribution >= 0.6 is 0 Å². The molecule has 1 aromatic rings. The molecule has 0 radical (unpaired) electrons. The summed E-state index contributed by atoms with van der Waals surface area (Å²) in [6.45, 7) is 9.40. The molecule has 25 heavy (non-hydrogen) atoms. The largest absolute Gasteiger partial charge is 0.443 e. The third kappa shape index (κ3) is 5.03. The molecule has 0 spiro atoms. The molecular formula is C19H27NO5. The van der Waals surface area contributed by atoms with E-state index in [1.807, 2.05) is 37.3 Å². The lowest BCUT2D eigenvalue weighted by Gasteiger charge is -2.45. The fourth-order valence-corrected chi connectivity index (χ4v) is 2.74. The number of benzene rings is 1. The molecule has 6 nitrogen and oxygen atoms in total. The lowest BCUT2D eigenvalue weighted by Crippen LogP contribution is -2.69. The molecule has 3 atom stereocenters. The van der Waals surface area contributed by atoms with Gasteiger partial charge in [-0.1, -0.05) is 30.3 Å². The zero-order valence-electron chi connectivity index (χ0n) is 15.5. The van der Waals surface area contributed by atoms with Crippen molar-refractivity contribution in [3.8, 4) is 0 Å². The van der Waals surface area contributed by atoms with Gasteiger partial charge in [-0.3, -0.25) is 4.79 Å². The number of carbonyl (C=O) groups is 2. The van der Waals surface area contributed by atoms with E-state index in [-0.39, 0.29) is 5.91 Å². The van der Waals surface area contributed by atoms with Crippen molar-refractivity contribution in [2.24, 2.45) is 0 Å². The number of rotatable bonds is 6. The van der Waals surface area contributed by atoms with Gasteiger partial charge >= 0.3 is 6.09 Å². The van der Waals surface area contributed by atoms with Crippen molar-refractivity contribution >= 4 is 12.0 Å². The number of β-lactam (4-membered cyclic amide) rings is 1. The molecule has 0 saturated carbocycles. The highest BCUT2D eigenvalue weighted by molar-refractivity contribution is 6.01. The zero-order valence-corrected chi connectivity index (χ0v) is 15.5. The van der Waals surface area contributed by atoms with E-state index >= 15 is 0 Å². The number of ether oxygens (including phenoxy) is 3. The van der Waals surface area contributed by atoms with Crippen LogP contribution in [0, 0.1) is 0 Å². The Hall–Kier alpha value is -1.92. The van der Waals surface area contributed by atoms with Crippen LogP contribution in [0.3, 0.4) is 0 Å². The van der Waals surface area contributed by atoms with Crippen molar-refractivity contribution in [1.82, 2.24) is 4.90 Å². The molecule has 2 rings (SSSR count). The first-order valence-electron chi connectivity index (χ1n) is 8.60. The minimum Gasteiger partial charge on any atom is -0.443 e. The standard InChI is InChI=1S/C19H27NO5/c1-6-23-13(2)24-16-15(12-14-10-8-7-9-11-14)20(17(16)21)18(22)25-19(3,4)5/h7-11,13,15-16H,6,12H2,1-5H3/t13?,15-,16+/m0/s1. The predicted octanol–water partition coefficient (Wildman–Crippen LogP) is 3.14. The van der Waals surface area contributed by atoms with Gasteiger partial charge in [0, 0.05) is 6.61 Å². The molecule has 1 heterocycles. The summed E-state index contributed by atoms with van der Waals surface area (Å²) in [5, 5.41) is 0. The molecule has 1 aliphatic rings. The van der Waals surface area contributed by atoms with Gasteiger partial charge in [-0.25, -0.2) is 9.69 Å². The summed E-state index contributed by atoms with van der Waals surface area (Å²) < 4.78 is 16.4. The monoisotopic (exact) mass is 349 g/mol. The van der Waals surface area contributed by atoms with Crippen molar-refractivity contribution in [3.63, 3.8) is 0 Å². The van der Waals surface area contributed by atoms with Gasteiger partial charge < -0.3 is 14.2 Å². The minimum atomic E-state index is -0.714. The van der Waals surface area contributed by atoms with Crippen LogP contribution < -0.4 is 0 Å². The summed E-state index contributed by atoms with van der Waals surface area (Å²) in [6.07, 6.45) is -1.36. The van der Waals surface area contributed by atoms with Crippen molar-refractivity contribution in [3.05, 3.63) is 35.9 Å². The van der Waals surface area contributed by atoms with Crippen LogP contribution in [0.4, 0.5) is 4.79 Å². The van der Waals surface area contributed by atoms with E-state index < -0.39 is 30.1 Å². The number of likely N-dealkylation sites (tertiary alicyclic amines) is 1. The van der Waals surface area contributed by atoms with Crippen molar-refractivity contribution < 1.29 is 23.8 Å². The van der Waals surface area contributed by atoms with Crippen LogP contribution in [0.2, 0.25) is 0 Å². The maximum atomic E-state index is 12.5. The Balaban J connectivity index is 2.14. The van der Waals surface area contributed by atoms with E-state index in [9.17, 15) is 9.59 Å². The van der Waals surface area contributed by atoms with E-state index in [1.54, 1.807) is 27.7 Å². The molecule has 1 aliphatic heterocycles. The molecule has 0 bridgehead atoms. The third-order valence-corrected chi connectivity index (χ3v) is 3.78. The van der Waals surface area contributed by atoms with Gasteiger partial charge in [-0.05, 0) is 46.6 Å². The Morgan fingerprint density at radius 2 is 1.88 bits per heavy atom. The third-order valence-electron chi connectivity index (χ3n) is 3.78. The van der Waals surface area contributed by atoms with E-state index in [4.69, 9.17) is 14.2 Å². The highest BCUT2D eigenvalue weighted by Gasteiger charge is 2.53. The Morgan fingerprint density at radius 1 is 1.24 bits per heavy atom. The molecular weight excluding hydrogens is 322 g/mol. The lowest BCUT2D eigenvalue weighted by atomic mass is 9.91. The molecule has 1 saturated heterocycles. The van der Waals surface area contributed by atoms with Crippen molar-refractivity contribution in [2.75, 3.05) is 6.61 Å². The molecule has 6 heteroatoms. The highest BCUT2D eigenvalue weighted by atomic mass is 16.7. The van der Waals surface area contributed by atoms with Crippen molar-refractivity contribution in [2.45, 2.75) is 65.1 Å². The summed E-state index contributed by atoms with van der Waals surface area (Å²) in [7, 11) is 0. The number of imide groups is 1. The normalized spacial score (nSPS) is 21.6. The number of hydrogen-bond donors (Lipinski definition) is 0. The van der Waals surface area contributed by atoms with Gasteiger partial charge in [0.15, 0.2) is 12.4 Å². The average molecular weight is 349 g/mol. The van der Waals surface area contributed by atoms with Gasteiger partial charge in [-0.15, -0.1) is 0 Å². The molecule has 1 aromatic carbocycles. The van der Waals surface area contributed by atoms with E-state index in [0.29, 0.717) is 13.0 Å². The van der Waals surface area contributed by atoms with Gasteiger partial charge in [0.2, 0.25) is 0 Å². The Kier molecular flexibility index (Phi) is 6.19. The number of hydrogen-bond acceptors (Lipinski definition) is 5. The molecule has 0 aliphatic carbocycles. The fraction of sp³-hybridized carbons (Fsp3) is 0.579. The predicted molar refractivity (Wildman–Crippen MR) is 93.0 cm³/mol. The SMILES string of the molecule is CCOC(C)O[C@H]1C(=O)N(C(=O)OC(C)(C)C)[C@H]1Cc1ccccc1. The van der Waals surface area contributed by atoms with E-state index in [1.165, 1.54) is 0 Å². The van der Waals surface area contributed by atoms with Crippen LogP contribution in [-0.4, -0.2) is 47.5 Å². The Labute approximate surface area is 149 Å². The molecule has 138 valence electrons. The molecule has 0 N–H and O–H groups in total. The van der Waals surface area contributed by atoms with Gasteiger partial charge in [-0.2, -0.15) is 0 Å². The van der Waals surface area contributed by atoms with Crippen LogP contribution in [0.5, 0.6) is 0 Å². The second kappa shape index (κ2) is 7.97. The summed E-state index contributed by atoms with van der Waals surface area (Å²) in [4.78, 5) is 26.0. The first kappa shape index (κ1) is 19.4.